The SMILES string of the molecule is COCc1cccc(-c2nc(N(COC)COC)nc(N(COC)COC)n2)c1COC. The Morgan fingerprint density at radius 3 is 1.56 bits per heavy atom. The molecule has 0 radical (unpaired) electrons. The van der Waals surface area contributed by atoms with E-state index in [-0.39, 0.29) is 26.9 Å². The fourth-order valence-electron chi connectivity index (χ4n) is 3.14. The van der Waals surface area contributed by atoms with Crippen molar-refractivity contribution in [2.45, 2.75) is 13.2 Å². The fraction of sp³-hybridized carbons (Fsp3) is 0.571. The first kappa shape index (κ1) is 25.8. The lowest BCUT2D eigenvalue weighted by molar-refractivity contribution is 0.136. The molecule has 1 heterocycles. The zero-order valence-corrected chi connectivity index (χ0v) is 19.7. The first-order chi connectivity index (χ1) is 15.6. The Labute approximate surface area is 189 Å². The Hall–Kier alpha value is -2.41. The number of nitrogens with zero attached hydrogens (tertiary/aromatic N) is 5. The van der Waals surface area contributed by atoms with Gasteiger partial charge in [0.25, 0.3) is 0 Å². The first-order valence-electron chi connectivity index (χ1n) is 9.94. The molecule has 0 saturated carbocycles. The van der Waals surface area contributed by atoms with E-state index in [1.54, 1.807) is 52.5 Å². The summed E-state index contributed by atoms with van der Waals surface area (Å²) < 4.78 is 32.1. The quantitative estimate of drug-likeness (QED) is 0.371. The van der Waals surface area contributed by atoms with Crippen LogP contribution in [0.25, 0.3) is 11.4 Å². The van der Waals surface area contributed by atoms with Gasteiger partial charge in [0.2, 0.25) is 11.9 Å². The highest BCUT2D eigenvalue weighted by atomic mass is 16.5. The Morgan fingerprint density at radius 1 is 0.625 bits per heavy atom. The maximum atomic E-state index is 5.46. The van der Waals surface area contributed by atoms with Crippen LogP contribution >= 0.6 is 0 Å². The van der Waals surface area contributed by atoms with Crippen molar-refractivity contribution >= 4 is 11.9 Å². The van der Waals surface area contributed by atoms with Crippen molar-refractivity contribution < 1.29 is 28.4 Å². The van der Waals surface area contributed by atoms with Gasteiger partial charge < -0.3 is 28.4 Å². The predicted molar refractivity (Wildman–Crippen MR) is 119 cm³/mol. The van der Waals surface area contributed by atoms with Crippen LogP contribution in [0.4, 0.5) is 11.9 Å². The maximum Gasteiger partial charge on any atom is 0.234 e. The van der Waals surface area contributed by atoms with Crippen LogP contribution in [0.5, 0.6) is 0 Å². The molecule has 0 aliphatic rings. The monoisotopic (exact) mass is 451 g/mol. The minimum absolute atomic E-state index is 0.236. The second-order valence-electron chi connectivity index (χ2n) is 6.82. The number of hydrogen-bond acceptors (Lipinski definition) is 11. The molecule has 0 saturated heterocycles. The highest BCUT2D eigenvalue weighted by Crippen LogP contribution is 2.28. The van der Waals surface area contributed by atoms with Crippen LogP contribution in [0.3, 0.4) is 0 Å². The third kappa shape index (κ3) is 6.79. The summed E-state index contributed by atoms with van der Waals surface area (Å²) in [4.78, 5) is 17.6. The summed E-state index contributed by atoms with van der Waals surface area (Å²) in [6, 6.07) is 5.88. The molecule has 32 heavy (non-hydrogen) atoms. The Balaban J connectivity index is 2.69. The van der Waals surface area contributed by atoms with E-state index in [1.165, 1.54) is 0 Å². The van der Waals surface area contributed by atoms with Gasteiger partial charge in [-0.2, -0.15) is 15.0 Å². The molecule has 178 valence electrons. The first-order valence-corrected chi connectivity index (χ1v) is 9.94. The second-order valence-corrected chi connectivity index (χ2v) is 6.82. The third-order valence-electron chi connectivity index (χ3n) is 4.42. The average molecular weight is 452 g/mol. The van der Waals surface area contributed by atoms with Crippen LogP contribution in [0.15, 0.2) is 18.2 Å². The number of methoxy groups -OCH3 is 6. The summed E-state index contributed by atoms with van der Waals surface area (Å²) in [6.45, 7) is 1.76. The van der Waals surface area contributed by atoms with Crippen LogP contribution in [-0.2, 0) is 41.6 Å². The number of rotatable bonds is 15. The molecule has 0 aliphatic carbocycles. The topological polar surface area (TPSA) is 101 Å². The van der Waals surface area contributed by atoms with Crippen molar-refractivity contribution in [3.05, 3.63) is 29.3 Å². The Bertz CT molecular complexity index is 779. The van der Waals surface area contributed by atoms with Crippen molar-refractivity contribution in [2.24, 2.45) is 0 Å². The van der Waals surface area contributed by atoms with Gasteiger partial charge in [-0.1, -0.05) is 18.2 Å². The zero-order valence-electron chi connectivity index (χ0n) is 19.7. The van der Waals surface area contributed by atoms with Gasteiger partial charge in [-0.25, -0.2) is 0 Å². The van der Waals surface area contributed by atoms with Gasteiger partial charge in [0.05, 0.1) is 13.2 Å². The van der Waals surface area contributed by atoms with Crippen molar-refractivity contribution in [1.82, 2.24) is 15.0 Å². The van der Waals surface area contributed by atoms with Crippen LogP contribution in [0.2, 0.25) is 0 Å². The molecule has 2 rings (SSSR count). The van der Waals surface area contributed by atoms with Gasteiger partial charge in [0.15, 0.2) is 5.82 Å². The highest BCUT2D eigenvalue weighted by Gasteiger charge is 2.20. The van der Waals surface area contributed by atoms with E-state index in [9.17, 15) is 0 Å². The van der Waals surface area contributed by atoms with E-state index in [0.29, 0.717) is 30.9 Å². The lowest BCUT2D eigenvalue weighted by Crippen LogP contribution is -2.33. The number of hydrogen-bond donors (Lipinski definition) is 0. The molecule has 0 atom stereocenters. The minimum atomic E-state index is 0.236. The highest BCUT2D eigenvalue weighted by molar-refractivity contribution is 5.64. The summed E-state index contributed by atoms with van der Waals surface area (Å²) >= 11 is 0. The zero-order chi connectivity index (χ0) is 23.3. The minimum Gasteiger partial charge on any atom is -0.380 e. The average Bonchev–Trinajstić information content (AvgIpc) is 2.80. The molecule has 0 bridgehead atoms. The largest absolute Gasteiger partial charge is 0.380 e. The normalized spacial score (nSPS) is 11.1. The molecular weight excluding hydrogens is 418 g/mol. The molecule has 1 aromatic heterocycles. The van der Waals surface area contributed by atoms with E-state index < -0.39 is 0 Å². The Morgan fingerprint density at radius 2 is 1.12 bits per heavy atom. The van der Waals surface area contributed by atoms with E-state index in [0.717, 1.165) is 16.7 Å². The number of aromatic nitrogens is 3. The fourth-order valence-corrected chi connectivity index (χ4v) is 3.14. The molecule has 2 aromatic rings. The standard InChI is InChI=1S/C21H33N5O6/c1-27-10-16-8-7-9-17(18(16)11-28-2)19-22-20(25(12-29-3)13-30-4)24-21(23-19)26(14-31-5)15-32-6/h7-9H,10-15H2,1-6H3. The molecule has 0 spiro atoms. The van der Waals surface area contributed by atoms with Gasteiger partial charge in [0.1, 0.15) is 26.9 Å². The number of ether oxygens (including phenoxy) is 6. The molecule has 0 aliphatic heterocycles. The molecule has 0 amide bonds. The van der Waals surface area contributed by atoms with Crippen molar-refractivity contribution in [3.8, 4) is 11.4 Å². The number of benzene rings is 1. The molecular formula is C21H33N5O6. The third-order valence-corrected chi connectivity index (χ3v) is 4.42. The summed E-state index contributed by atoms with van der Waals surface area (Å²) in [5.41, 5.74) is 2.75. The summed E-state index contributed by atoms with van der Waals surface area (Å²) in [6.07, 6.45) is 0. The van der Waals surface area contributed by atoms with Crippen molar-refractivity contribution in [2.75, 3.05) is 79.4 Å². The van der Waals surface area contributed by atoms with Crippen LogP contribution < -0.4 is 9.80 Å². The van der Waals surface area contributed by atoms with Crippen LogP contribution in [0.1, 0.15) is 11.1 Å². The summed E-state index contributed by atoms with van der Waals surface area (Å²) in [5.74, 6) is 1.27. The van der Waals surface area contributed by atoms with Gasteiger partial charge in [-0.3, -0.25) is 9.80 Å². The van der Waals surface area contributed by atoms with Crippen molar-refractivity contribution in [1.29, 1.82) is 0 Å². The van der Waals surface area contributed by atoms with Gasteiger partial charge in [0, 0.05) is 48.2 Å². The smallest absolute Gasteiger partial charge is 0.234 e. The lowest BCUT2D eigenvalue weighted by atomic mass is 10.0. The van der Waals surface area contributed by atoms with Gasteiger partial charge in [-0.05, 0) is 11.1 Å². The molecule has 0 N–H and O–H groups in total. The van der Waals surface area contributed by atoms with Gasteiger partial charge >= 0.3 is 0 Å². The van der Waals surface area contributed by atoms with E-state index in [2.05, 4.69) is 4.98 Å². The van der Waals surface area contributed by atoms with E-state index in [4.69, 9.17) is 38.4 Å². The van der Waals surface area contributed by atoms with Crippen LogP contribution in [0, 0.1) is 0 Å². The predicted octanol–water partition coefficient (Wildman–Crippen LogP) is 1.86. The van der Waals surface area contributed by atoms with E-state index in [1.807, 2.05) is 18.2 Å². The van der Waals surface area contributed by atoms with Gasteiger partial charge in [-0.15, -0.1) is 0 Å². The number of anilines is 2. The molecule has 1 aromatic carbocycles. The lowest BCUT2D eigenvalue weighted by Gasteiger charge is -2.25. The molecule has 0 unspecified atom stereocenters. The molecule has 11 nitrogen and oxygen atoms in total. The van der Waals surface area contributed by atoms with Crippen molar-refractivity contribution in [3.63, 3.8) is 0 Å². The Kier molecular flexibility index (Phi) is 11.2. The molecule has 11 heteroatoms. The summed E-state index contributed by atoms with van der Waals surface area (Å²) in [5, 5.41) is 0. The van der Waals surface area contributed by atoms with E-state index >= 15 is 0 Å². The second kappa shape index (κ2) is 13.9. The summed E-state index contributed by atoms with van der Waals surface area (Å²) in [7, 11) is 9.69. The maximum absolute atomic E-state index is 5.46. The van der Waals surface area contributed by atoms with Crippen LogP contribution in [-0.4, -0.2) is 84.5 Å². The molecule has 0 fully saturated rings.